The van der Waals surface area contributed by atoms with Crippen molar-refractivity contribution in [2.45, 2.75) is 6.54 Å². The van der Waals surface area contributed by atoms with Gasteiger partial charge in [-0.05, 0) is 36.4 Å². The molecule has 0 bridgehead atoms. The zero-order valence-electron chi connectivity index (χ0n) is 10.9. The molecular formula is C15H13FN2O2. The van der Waals surface area contributed by atoms with Gasteiger partial charge in [0.25, 0.3) is 0 Å². The van der Waals surface area contributed by atoms with Crippen LogP contribution in [0.1, 0.15) is 11.1 Å². The van der Waals surface area contributed by atoms with Gasteiger partial charge in [-0.15, -0.1) is 0 Å². The number of ether oxygens (including phenoxy) is 1. The fourth-order valence-electron chi connectivity index (χ4n) is 1.75. The van der Waals surface area contributed by atoms with E-state index >= 15 is 0 Å². The molecule has 0 saturated heterocycles. The summed E-state index contributed by atoms with van der Waals surface area (Å²) in [5.41, 5.74) is 1.22. The van der Waals surface area contributed by atoms with Crippen molar-refractivity contribution in [3.05, 3.63) is 53.3 Å². The lowest BCUT2D eigenvalue weighted by Gasteiger charge is -2.10. The lowest BCUT2D eigenvalue weighted by atomic mass is 10.1. The highest BCUT2D eigenvalue weighted by Crippen LogP contribution is 2.24. The van der Waals surface area contributed by atoms with Crippen LogP contribution in [-0.4, -0.2) is 12.2 Å². The molecule has 0 spiro atoms. The first kappa shape index (κ1) is 13.7. The van der Waals surface area contributed by atoms with Crippen molar-refractivity contribution in [3.63, 3.8) is 0 Å². The molecule has 2 aromatic carbocycles. The molecule has 0 aliphatic carbocycles. The number of hydrogen-bond donors (Lipinski definition) is 2. The minimum absolute atomic E-state index is 0.0233. The van der Waals surface area contributed by atoms with Crippen LogP contribution in [0, 0.1) is 17.1 Å². The Kier molecular flexibility index (Phi) is 4.06. The molecule has 0 aliphatic heterocycles. The monoisotopic (exact) mass is 272 g/mol. The third kappa shape index (κ3) is 2.98. The van der Waals surface area contributed by atoms with E-state index in [1.54, 1.807) is 31.4 Å². The first-order chi connectivity index (χ1) is 9.63. The number of phenols is 1. The second-order valence-electron chi connectivity index (χ2n) is 4.15. The maximum Gasteiger partial charge on any atom is 0.141 e. The first-order valence-corrected chi connectivity index (χ1v) is 5.93. The Bertz CT molecular complexity index is 665. The van der Waals surface area contributed by atoms with Crippen LogP contribution in [0.15, 0.2) is 36.4 Å². The molecule has 0 aromatic heterocycles. The van der Waals surface area contributed by atoms with E-state index in [1.807, 2.05) is 0 Å². The van der Waals surface area contributed by atoms with Crippen molar-refractivity contribution in [2.24, 2.45) is 0 Å². The Balaban J connectivity index is 2.15. The molecule has 2 aromatic rings. The van der Waals surface area contributed by atoms with Crippen LogP contribution in [-0.2, 0) is 6.54 Å². The number of hydrogen-bond acceptors (Lipinski definition) is 4. The van der Waals surface area contributed by atoms with Crippen molar-refractivity contribution >= 4 is 5.69 Å². The van der Waals surface area contributed by atoms with E-state index < -0.39 is 5.82 Å². The number of nitrogens with zero attached hydrogens (tertiary/aromatic N) is 1. The summed E-state index contributed by atoms with van der Waals surface area (Å²) >= 11 is 0. The van der Waals surface area contributed by atoms with Gasteiger partial charge in [0.15, 0.2) is 0 Å². The zero-order chi connectivity index (χ0) is 14.5. The topological polar surface area (TPSA) is 65.3 Å². The highest BCUT2D eigenvalue weighted by Gasteiger charge is 2.05. The fourth-order valence-corrected chi connectivity index (χ4v) is 1.75. The van der Waals surface area contributed by atoms with Crippen LogP contribution < -0.4 is 10.1 Å². The summed E-state index contributed by atoms with van der Waals surface area (Å²) in [6, 6.07) is 10.9. The number of nitriles is 1. The van der Waals surface area contributed by atoms with E-state index in [1.165, 1.54) is 18.2 Å². The number of anilines is 1. The Morgan fingerprint density at radius 2 is 2.10 bits per heavy atom. The Morgan fingerprint density at radius 3 is 2.80 bits per heavy atom. The summed E-state index contributed by atoms with van der Waals surface area (Å²) in [7, 11) is 1.54. The van der Waals surface area contributed by atoms with Gasteiger partial charge in [-0.1, -0.05) is 0 Å². The Labute approximate surface area is 116 Å². The minimum atomic E-state index is -0.553. The molecule has 0 fully saturated rings. The van der Waals surface area contributed by atoms with E-state index in [0.717, 1.165) is 0 Å². The maximum absolute atomic E-state index is 13.2. The van der Waals surface area contributed by atoms with Gasteiger partial charge in [0.1, 0.15) is 23.4 Å². The van der Waals surface area contributed by atoms with Crippen LogP contribution >= 0.6 is 0 Å². The van der Waals surface area contributed by atoms with E-state index in [4.69, 9.17) is 10.00 Å². The van der Waals surface area contributed by atoms with Gasteiger partial charge in [0.05, 0.1) is 12.7 Å². The van der Waals surface area contributed by atoms with Crippen molar-refractivity contribution < 1.29 is 14.2 Å². The molecule has 0 amide bonds. The van der Waals surface area contributed by atoms with Gasteiger partial charge in [-0.3, -0.25) is 0 Å². The van der Waals surface area contributed by atoms with Crippen LogP contribution in [0.5, 0.6) is 11.5 Å². The van der Waals surface area contributed by atoms with Gasteiger partial charge in [-0.25, -0.2) is 4.39 Å². The van der Waals surface area contributed by atoms with Crippen molar-refractivity contribution in [3.8, 4) is 17.6 Å². The normalized spacial score (nSPS) is 9.85. The average Bonchev–Trinajstić information content (AvgIpc) is 2.47. The Morgan fingerprint density at radius 1 is 1.30 bits per heavy atom. The molecular weight excluding hydrogens is 259 g/mol. The Hall–Kier alpha value is -2.74. The second-order valence-corrected chi connectivity index (χ2v) is 4.15. The van der Waals surface area contributed by atoms with Crippen LogP contribution in [0.25, 0.3) is 0 Å². The molecule has 0 aliphatic rings. The highest BCUT2D eigenvalue weighted by atomic mass is 19.1. The summed E-state index contributed by atoms with van der Waals surface area (Å²) in [5.74, 6) is 0.222. The molecule has 102 valence electrons. The molecule has 5 heteroatoms. The molecule has 2 N–H and O–H groups in total. The number of methoxy groups -OCH3 is 1. The third-order valence-corrected chi connectivity index (χ3v) is 2.86. The third-order valence-electron chi connectivity index (χ3n) is 2.86. The maximum atomic E-state index is 13.2. The summed E-state index contributed by atoms with van der Waals surface area (Å²) in [6.07, 6.45) is 0. The molecule has 0 heterocycles. The van der Waals surface area contributed by atoms with Crippen LogP contribution in [0.3, 0.4) is 0 Å². The lowest BCUT2D eigenvalue weighted by Crippen LogP contribution is -2.01. The smallest absolute Gasteiger partial charge is 0.141 e. The second kappa shape index (κ2) is 5.93. The fraction of sp³-hybridized carbons (Fsp3) is 0.133. The van der Waals surface area contributed by atoms with E-state index in [0.29, 0.717) is 23.5 Å². The molecule has 20 heavy (non-hydrogen) atoms. The summed E-state index contributed by atoms with van der Waals surface area (Å²) < 4.78 is 18.3. The molecule has 0 unspecified atom stereocenters. The molecule has 0 saturated carbocycles. The standard InChI is InChI=1S/C15H13FN2O2/c1-20-13-3-5-15(19)11(7-13)9-18-12-2-4-14(16)10(6-12)8-17/h2-7,18-19H,9H2,1H3. The van der Waals surface area contributed by atoms with E-state index in [2.05, 4.69) is 5.32 Å². The number of rotatable bonds is 4. The van der Waals surface area contributed by atoms with Gasteiger partial charge in [-0.2, -0.15) is 5.26 Å². The summed E-state index contributed by atoms with van der Waals surface area (Å²) in [4.78, 5) is 0. The van der Waals surface area contributed by atoms with Gasteiger partial charge < -0.3 is 15.2 Å². The summed E-state index contributed by atoms with van der Waals surface area (Å²) in [6.45, 7) is 0.333. The van der Waals surface area contributed by atoms with Gasteiger partial charge >= 0.3 is 0 Å². The molecule has 0 radical (unpaired) electrons. The lowest BCUT2D eigenvalue weighted by molar-refractivity contribution is 0.411. The van der Waals surface area contributed by atoms with Crippen molar-refractivity contribution in [1.82, 2.24) is 0 Å². The molecule has 4 nitrogen and oxygen atoms in total. The van der Waals surface area contributed by atoms with Crippen molar-refractivity contribution in [1.29, 1.82) is 5.26 Å². The molecule has 0 atom stereocenters. The van der Waals surface area contributed by atoms with E-state index in [9.17, 15) is 9.50 Å². The first-order valence-electron chi connectivity index (χ1n) is 5.93. The number of phenolic OH excluding ortho intramolecular Hbond substituents is 1. The number of benzene rings is 2. The SMILES string of the molecule is COc1ccc(O)c(CNc2ccc(F)c(C#N)c2)c1. The minimum Gasteiger partial charge on any atom is -0.508 e. The average molecular weight is 272 g/mol. The zero-order valence-corrected chi connectivity index (χ0v) is 10.9. The summed E-state index contributed by atoms with van der Waals surface area (Å²) in [5, 5.41) is 21.5. The van der Waals surface area contributed by atoms with Gasteiger partial charge in [0.2, 0.25) is 0 Å². The van der Waals surface area contributed by atoms with Crippen molar-refractivity contribution in [2.75, 3.05) is 12.4 Å². The number of halogens is 1. The van der Waals surface area contributed by atoms with Crippen LogP contribution in [0.2, 0.25) is 0 Å². The molecule has 2 rings (SSSR count). The number of nitrogens with one attached hydrogen (secondary N) is 1. The highest BCUT2D eigenvalue weighted by molar-refractivity contribution is 5.51. The predicted molar refractivity (Wildman–Crippen MR) is 73.1 cm³/mol. The largest absolute Gasteiger partial charge is 0.508 e. The van der Waals surface area contributed by atoms with Crippen LogP contribution in [0.4, 0.5) is 10.1 Å². The van der Waals surface area contributed by atoms with Gasteiger partial charge in [0, 0.05) is 17.8 Å². The number of aromatic hydroxyl groups is 1. The van der Waals surface area contributed by atoms with E-state index in [-0.39, 0.29) is 11.3 Å². The quantitative estimate of drug-likeness (QED) is 0.898. The predicted octanol–water partition coefficient (Wildman–Crippen LogP) is 3.02.